The molecule has 140 valence electrons. The number of alkyl halides is 3. The first-order valence-corrected chi connectivity index (χ1v) is 7.31. The largest absolute Gasteiger partial charge is 0.455 e. The number of nitrogens with zero attached hydrogens (tertiary/aromatic N) is 1. The third kappa shape index (κ3) is 4.71. The first-order valence-electron chi connectivity index (χ1n) is 7.31. The van der Waals surface area contributed by atoms with Gasteiger partial charge < -0.3 is 15.4 Å². The molecular formula is C15H14F3N3O5. The number of benzene rings is 1. The van der Waals surface area contributed by atoms with Crippen molar-refractivity contribution in [3.8, 4) is 0 Å². The monoisotopic (exact) mass is 373 g/mol. The van der Waals surface area contributed by atoms with E-state index in [0.29, 0.717) is 0 Å². The number of urea groups is 1. The third-order valence-electron chi connectivity index (χ3n) is 3.55. The molecule has 1 atom stereocenters. The van der Waals surface area contributed by atoms with E-state index < -0.39 is 48.1 Å². The average molecular weight is 373 g/mol. The van der Waals surface area contributed by atoms with E-state index in [1.54, 1.807) is 5.32 Å². The number of nitrogens with one attached hydrogen (secondary N) is 1. The number of carbonyl (C=O) groups excluding carboxylic acids is 4. The van der Waals surface area contributed by atoms with Gasteiger partial charge in [0.05, 0.1) is 11.5 Å². The van der Waals surface area contributed by atoms with E-state index in [2.05, 4.69) is 4.74 Å². The van der Waals surface area contributed by atoms with Crippen molar-refractivity contribution in [2.45, 2.75) is 12.6 Å². The summed E-state index contributed by atoms with van der Waals surface area (Å²) in [5.41, 5.74) is 3.81. The van der Waals surface area contributed by atoms with Crippen LogP contribution in [0.4, 0.5) is 23.7 Å². The molecule has 1 fully saturated rings. The zero-order valence-electron chi connectivity index (χ0n) is 13.2. The molecule has 26 heavy (non-hydrogen) atoms. The van der Waals surface area contributed by atoms with Gasteiger partial charge in [-0.05, 0) is 18.2 Å². The highest BCUT2D eigenvalue weighted by Gasteiger charge is 2.37. The fraction of sp³-hybridized carbons (Fsp3) is 0.333. The van der Waals surface area contributed by atoms with Crippen molar-refractivity contribution in [3.05, 3.63) is 29.8 Å². The van der Waals surface area contributed by atoms with Crippen molar-refractivity contribution >= 4 is 29.5 Å². The lowest BCUT2D eigenvalue weighted by atomic mass is 10.1. The van der Waals surface area contributed by atoms with Crippen LogP contribution in [-0.2, 0) is 25.3 Å². The van der Waals surface area contributed by atoms with E-state index in [1.807, 2.05) is 0 Å². The minimum absolute atomic E-state index is 0.00611. The number of hydrogen-bond donors (Lipinski definition) is 2. The summed E-state index contributed by atoms with van der Waals surface area (Å²) in [5, 5.41) is 1.69. The summed E-state index contributed by atoms with van der Waals surface area (Å²) in [7, 11) is 0. The molecule has 1 aliphatic heterocycles. The van der Waals surface area contributed by atoms with Gasteiger partial charge in [0.25, 0.3) is 5.91 Å². The van der Waals surface area contributed by atoms with Crippen LogP contribution in [0.25, 0.3) is 0 Å². The van der Waals surface area contributed by atoms with Gasteiger partial charge in [-0.3, -0.25) is 19.7 Å². The molecule has 0 aromatic heterocycles. The number of carbonyl (C=O) groups is 4. The van der Waals surface area contributed by atoms with Crippen LogP contribution in [0.1, 0.15) is 12.0 Å². The Bertz CT molecular complexity index is 750. The van der Waals surface area contributed by atoms with Gasteiger partial charge in [-0.15, -0.1) is 0 Å². The molecule has 1 aromatic carbocycles. The van der Waals surface area contributed by atoms with Crippen LogP contribution in [0.3, 0.4) is 0 Å². The van der Waals surface area contributed by atoms with Gasteiger partial charge in [-0.2, -0.15) is 13.2 Å². The summed E-state index contributed by atoms with van der Waals surface area (Å²) in [6, 6.07) is 3.05. The van der Waals surface area contributed by atoms with Gasteiger partial charge in [-0.25, -0.2) is 4.79 Å². The average Bonchev–Trinajstić information content (AvgIpc) is 2.93. The summed E-state index contributed by atoms with van der Waals surface area (Å²) >= 11 is 0. The summed E-state index contributed by atoms with van der Waals surface area (Å²) in [6.45, 7) is -0.952. The highest BCUT2D eigenvalue weighted by molar-refractivity contribution is 6.00. The molecule has 1 saturated heterocycles. The molecule has 4 amide bonds. The van der Waals surface area contributed by atoms with Gasteiger partial charge in [0.1, 0.15) is 0 Å². The molecule has 0 saturated carbocycles. The number of halogens is 3. The minimum Gasteiger partial charge on any atom is -0.455 e. The normalized spacial score (nSPS) is 17.1. The van der Waals surface area contributed by atoms with Gasteiger partial charge in [-0.1, -0.05) is 6.07 Å². The summed E-state index contributed by atoms with van der Waals surface area (Å²) in [6.07, 6.45) is -4.84. The Morgan fingerprint density at radius 2 is 2.00 bits per heavy atom. The van der Waals surface area contributed by atoms with Gasteiger partial charge in [0.15, 0.2) is 6.61 Å². The lowest BCUT2D eigenvalue weighted by molar-refractivity contribution is -0.152. The second-order valence-corrected chi connectivity index (χ2v) is 5.47. The van der Waals surface area contributed by atoms with Crippen LogP contribution in [0.15, 0.2) is 24.3 Å². The number of hydrogen-bond acceptors (Lipinski definition) is 5. The number of esters is 1. The fourth-order valence-corrected chi connectivity index (χ4v) is 2.39. The second kappa shape index (κ2) is 7.42. The summed E-state index contributed by atoms with van der Waals surface area (Å²) in [4.78, 5) is 46.6. The number of imide groups is 1. The van der Waals surface area contributed by atoms with Crippen LogP contribution in [0.5, 0.6) is 0 Å². The van der Waals surface area contributed by atoms with E-state index in [-0.39, 0.29) is 18.7 Å². The second-order valence-electron chi connectivity index (χ2n) is 5.47. The number of rotatable bonds is 4. The zero-order chi connectivity index (χ0) is 19.5. The first kappa shape index (κ1) is 19.2. The fourth-order valence-electron chi connectivity index (χ4n) is 2.39. The SMILES string of the molecule is NC(=O)NC(=O)COC(=O)[C@H]1CC(=O)N(c2cccc(C(F)(F)F)c2)C1. The minimum atomic E-state index is -4.56. The Labute approximate surface area is 145 Å². The lowest BCUT2D eigenvalue weighted by Crippen LogP contribution is -2.38. The molecule has 3 N–H and O–H groups in total. The predicted octanol–water partition coefficient (Wildman–Crippen LogP) is 0.796. The van der Waals surface area contributed by atoms with Crippen molar-refractivity contribution in [1.82, 2.24) is 5.32 Å². The number of primary amides is 1. The van der Waals surface area contributed by atoms with Crippen molar-refractivity contribution < 1.29 is 37.1 Å². The van der Waals surface area contributed by atoms with Crippen LogP contribution in [0.2, 0.25) is 0 Å². The number of nitrogens with two attached hydrogens (primary N) is 1. The number of anilines is 1. The molecule has 0 spiro atoms. The van der Waals surface area contributed by atoms with Crippen LogP contribution in [0, 0.1) is 5.92 Å². The van der Waals surface area contributed by atoms with Crippen molar-refractivity contribution in [2.24, 2.45) is 11.7 Å². The van der Waals surface area contributed by atoms with Gasteiger partial charge in [0.2, 0.25) is 5.91 Å². The molecule has 8 nitrogen and oxygen atoms in total. The molecule has 1 aliphatic rings. The van der Waals surface area contributed by atoms with Gasteiger partial charge >= 0.3 is 18.2 Å². The van der Waals surface area contributed by atoms with E-state index in [9.17, 15) is 32.3 Å². The highest BCUT2D eigenvalue weighted by Crippen LogP contribution is 2.33. The van der Waals surface area contributed by atoms with E-state index in [4.69, 9.17) is 5.73 Å². The summed E-state index contributed by atoms with van der Waals surface area (Å²) < 4.78 is 43.0. The molecule has 11 heteroatoms. The number of amides is 4. The number of ether oxygens (including phenoxy) is 1. The predicted molar refractivity (Wildman–Crippen MR) is 80.6 cm³/mol. The maximum atomic E-state index is 12.8. The molecule has 2 rings (SSSR count). The Morgan fingerprint density at radius 3 is 2.62 bits per heavy atom. The van der Waals surface area contributed by atoms with E-state index >= 15 is 0 Å². The maximum absolute atomic E-state index is 12.8. The standard InChI is InChI=1S/C15H14F3N3O5/c16-15(17,18)9-2-1-3-10(5-9)21-6-8(4-12(21)23)13(24)26-7-11(22)20-14(19)25/h1-3,5,8H,4,6-7H2,(H3,19,20,22,25)/t8-/m0/s1. The maximum Gasteiger partial charge on any atom is 0.416 e. The van der Waals surface area contributed by atoms with Crippen molar-refractivity contribution in [2.75, 3.05) is 18.1 Å². The Morgan fingerprint density at radius 1 is 1.31 bits per heavy atom. The van der Waals surface area contributed by atoms with E-state index in [1.165, 1.54) is 6.07 Å². The Kier molecular flexibility index (Phi) is 5.48. The van der Waals surface area contributed by atoms with Crippen LogP contribution in [-0.4, -0.2) is 37.0 Å². The topological polar surface area (TPSA) is 119 Å². The van der Waals surface area contributed by atoms with E-state index in [0.717, 1.165) is 23.1 Å². The molecule has 1 aromatic rings. The molecule has 0 bridgehead atoms. The molecular weight excluding hydrogens is 359 g/mol. The Hall–Kier alpha value is -3.11. The smallest absolute Gasteiger partial charge is 0.416 e. The van der Waals surface area contributed by atoms with Crippen molar-refractivity contribution in [1.29, 1.82) is 0 Å². The van der Waals surface area contributed by atoms with Crippen LogP contribution < -0.4 is 16.0 Å². The van der Waals surface area contributed by atoms with Crippen molar-refractivity contribution in [3.63, 3.8) is 0 Å². The molecule has 0 radical (unpaired) electrons. The lowest BCUT2D eigenvalue weighted by Gasteiger charge is -2.18. The zero-order valence-corrected chi connectivity index (χ0v) is 13.2. The molecule has 0 unspecified atom stereocenters. The first-order chi connectivity index (χ1) is 12.1. The highest BCUT2D eigenvalue weighted by atomic mass is 19.4. The summed E-state index contributed by atoms with van der Waals surface area (Å²) in [5.74, 6) is -3.32. The Balaban J connectivity index is 2.01. The van der Waals surface area contributed by atoms with Gasteiger partial charge in [0, 0.05) is 18.7 Å². The molecule has 0 aliphatic carbocycles. The molecule has 1 heterocycles. The third-order valence-corrected chi connectivity index (χ3v) is 3.55. The van der Waals surface area contributed by atoms with Crippen LogP contribution >= 0.6 is 0 Å². The quantitative estimate of drug-likeness (QED) is 0.757.